The van der Waals surface area contributed by atoms with E-state index in [9.17, 15) is 0 Å². The lowest BCUT2D eigenvalue weighted by atomic mass is 9.71. The van der Waals surface area contributed by atoms with Crippen LogP contribution in [0.5, 0.6) is 0 Å². The first-order valence-electron chi connectivity index (χ1n) is 7.83. The van der Waals surface area contributed by atoms with E-state index in [-0.39, 0.29) is 0 Å². The lowest BCUT2D eigenvalue weighted by Crippen LogP contribution is -2.42. The molecular formula is C18H29N. The second kappa shape index (κ2) is 6.09. The minimum Gasteiger partial charge on any atom is -0.316 e. The Morgan fingerprint density at radius 2 is 2.05 bits per heavy atom. The van der Waals surface area contributed by atoms with E-state index in [0.29, 0.717) is 5.41 Å². The van der Waals surface area contributed by atoms with Crippen molar-refractivity contribution in [2.24, 2.45) is 11.8 Å². The van der Waals surface area contributed by atoms with Crippen molar-refractivity contribution < 1.29 is 0 Å². The molecule has 0 amide bonds. The zero-order valence-corrected chi connectivity index (χ0v) is 13.0. The Kier molecular flexibility index (Phi) is 4.67. The standard InChI is InChI=1S/C18H29N/c1-14(2)12-19-13-18(11-7-9-16(18)4)17-10-6-5-8-15(17)3/h5-6,8,10,14,16,19H,7,9,11-13H2,1-4H3. The van der Waals surface area contributed by atoms with E-state index in [4.69, 9.17) is 0 Å². The normalized spacial score (nSPS) is 27.1. The van der Waals surface area contributed by atoms with E-state index in [1.165, 1.54) is 24.8 Å². The van der Waals surface area contributed by atoms with E-state index < -0.39 is 0 Å². The molecule has 1 heteroatoms. The topological polar surface area (TPSA) is 12.0 Å². The summed E-state index contributed by atoms with van der Waals surface area (Å²) in [6, 6.07) is 8.99. The molecule has 106 valence electrons. The van der Waals surface area contributed by atoms with Crippen LogP contribution < -0.4 is 5.32 Å². The number of rotatable bonds is 5. The molecule has 0 spiro atoms. The van der Waals surface area contributed by atoms with Crippen LogP contribution >= 0.6 is 0 Å². The van der Waals surface area contributed by atoms with Gasteiger partial charge in [0, 0.05) is 12.0 Å². The maximum atomic E-state index is 3.72. The molecule has 1 N–H and O–H groups in total. The van der Waals surface area contributed by atoms with Crippen LogP contribution in [0.15, 0.2) is 24.3 Å². The predicted molar refractivity (Wildman–Crippen MR) is 83.6 cm³/mol. The maximum absolute atomic E-state index is 3.72. The summed E-state index contributed by atoms with van der Waals surface area (Å²) in [5, 5.41) is 3.72. The summed E-state index contributed by atoms with van der Waals surface area (Å²) < 4.78 is 0. The summed E-state index contributed by atoms with van der Waals surface area (Å²) in [6.07, 6.45) is 4.08. The Labute approximate surface area is 118 Å². The van der Waals surface area contributed by atoms with Gasteiger partial charge in [0.05, 0.1) is 0 Å². The van der Waals surface area contributed by atoms with Crippen molar-refractivity contribution >= 4 is 0 Å². The zero-order valence-electron chi connectivity index (χ0n) is 13.0. The number of benzene rings is 1. The van der Waals surface area contributed by atoms with Gasteiger partial charge in [0.15, 0.2) is 0 Å². The molecule has 0 radical (unpaired) electrons. The van der Waals surface area contributed by atoms with Gasteiger partial charge in [-0.3, -0.25) is 0 Å². The Morgan fingerprint density at radius 3 is 2.63 bits per heavy atom. The minimum atomic E-state index is 0.361. The van der Waals surface area contributed by atoms with E-state index in [1.807, 2.05) is 0 Å². The smallest absolute Gasteiger partial charge is 0.0106 e. The van der Waals surface area contributed by atoms with Crippen molar-refractivity contribution in [1.82, 2.24) is 5.32 Å². The monoisotopic (exact) mass is 259 g/mol. The van der Waals surface area contributed by atoms with Gasteiger partial charge in [-0.2, -0.15) is 0 Å². The SMILES string of the molecule is Cc1ccccc1C1(CNCC(C)C)CCCC1C. The summed E-state index contributed by atoms with van der Waals surface area (Å²) in [6.45, 7) is 11.5. The molecule has 2 rings (SSSR count). The van der Waals surface area contributed by atoms with Gasteiger partial charge in [0.2, 0.25) is 0 Å². The third-order valence-corrected chi connectivity index (χ3v) is 4.88. The first-order valence-corrected chi connectivity index (χ1v) is 7.83. The van der Waals surface area contributed by atoms with Crippen LogP contribution in [0.2, 0.25) is 0 Å². The van der Waals surface area contributed by atoms with Crippen molar-refractivity contribution in [2.45, 2.75) is 52.4 Å². The fraction of sp³-hybridized carbons (Fsp3) is 0.667. The average molecular weight is 259 g/mol. The van der Waals surface area contributed by atoms with Gasteiger partial charge in [-0.1, -0.05) is 51.5 Å². The van der Waals surface area contributed by atoms with Crippen LogP contribution in [0.4, 0.5) is 0 Å². The molecule has 0 heterocycles. The first kappa shape index (κ1) is 14.6. The molecule has 19 heavy (non-hydrogen) atoms. The molecule has 2 unspecified atom stereocenters. The number of nitrogens with one attached hydrogen (secondary N) is 1. The predicted octanol–water partition coefficient (Wildman–Crippen LogP) is 4.30. The van der Waals surface area contributed by atoms with Crippen molar-refractivity contribution in [3.8, 4) is 0 Å². The van der Waals surface area contributed by atoms with E-state index in [2.05, 4.69) is 57.3 Å². The summed E-state index contributed by atoms with van der Waals surface area (Å²) in [5.74, 6) is 1.51. The molecule has 1 aromatic carbocycles. The Bertz CT molecular complexity index is 410. The molecular weight excluding hydrogens is 230 g/mol. The van der Waals surface area contributed by atoms with E-state index in [1.54, 1.807) is 5.56 Å². The molecule has 0 aliphatic heterocycles. The lowest BCUT2D eigenvalue weighted by Gasteiger charge is -2.36. The van der Waals surface area contributed by atoms with Crippen LogP contribution in [-0.2, 0) is 5.41 Å². The zero-order chi connectivity index (χ0) is 13.9. The van der Waals surface area contributed by atoms with Crippen LogP contribution in [-0.4, -0.2) is 13.1 Å². The second-order valence-corrected chi connectivity index (χ2v) is 6.79. The summed E-state index contributed by atoms with van der Waals surface area (Å²) in [4.78, 5) is 0. The molecule has 2 atom stereocenters. The maximum Gasteiger partial charge on any atom is 0.0106 e. The summed E-state index contributed by atoms with van der Waals surface area (Å²) in [7, 11) is 0. The van der Waals surface area contributed by atoms with Crippen LogP contribution in [0.3, 0.4) is 0 Å². The molecule has 1 nitrogen and oxygen atoms in total. The van der Waals surface area contributed by atoms with Gasteiger partial charge in [-0.05, 0) is 49.3 Å². The van der Waals surface area contributed by atoms with Crippen LogP contribution in [0.25, 0.3) is 0 Å². The third kappa shape index (κ3) is 3.02. The summed E-state index contributed by atoms with van der Waals surface area (Å²) >= 11 is 0. The minimum absolute atomic E-state index is 0.361. The number of hydrogen-bond donors (Lipinski definition) is 1. The van der Waals surface area contributed by atoms with Crippen LogP contribution in [0, 0.1) is 18.8 Å². The largest absolute Gasteiger partial charge is 0.316 e. The van der Waals surface area contributed by atoms with Crippen LogP contribution in [0.1, 0.15) is 51.2 Å². The molecule has 1 aliphatic carbocycles. The first-order chi connectivity index (χ1) is 9.06. The Hall–Kier alpha value is -0.820. The summed E-state index contributed by atoms with van der Waals surface area (Å²) in [5.41, 5.74) is 3.40. The van der Waals surface area contributed by atoms with Crippen molar-refractivity contribution in [1.29, 1.82) is 0 Å². The highest BCUT2D eigenvalue weighted by Gasteiger charge is 2.41. The van der Waals surface area contributed by atoms with Crippen molar-refractivity contribution in [2.75, 3.05) is 13.1 Å². The van der Waals surface area contributed by atoms with Crippen molar-refractivity contribution in [3.05, 3.63) is 35.4 Å². The van der Waals surface area contributed by atoms with E-state index >= 15 is 0 Å². The molecule has 0 aromatic heterocycles. The average Bonchev–Trinajstić information content (AvgIpc) is 2.72. The van der Waals surface area contributed by atoms with Gasteiger partial charge in [-0.25, -0.2) is 0 Å². The van der Waals surface area contributed by atoms with Gasteiger partial charge in [0.1, 0.15) is 0 Å². The molecule has 0 saturated heterocycles. The Balaban J connectivity index is 2.23. The molecule has 1 saturated carbocycles. The highest BCUT2D eigenvalue weighted by Crippen LogP contribution is 2.46. The van der Waals surface area contributed by atoms with Gasteiger partial charge in [-0.15, -0.1) is 0 Å². The molecule has 1 fully saturated rings. The third-order valence-electron chi connectivity index (χ3n) is 4.88. The fourth-order valence-corrected chi connectivity index (χ4v) is 3.72. The second-order valence-electron chi connectivity index (χ2n) is 6.79. The molecule has 0 bridgehead atoms. The fourth-order valence-electron chi connectivity index (χ4n) is 3.72. The Morgan fingerprint density at radius 1 is 1.32 bits per heavy atom. The highest BCUT2D eigenvalue weighted by atomic mass is 14.9. The van der Waals surface area contributed by atoms with Gasteiger partial charge >= 0.3 is 0 Å². The molecule has 1 aromatic rings. The number of aryl methyl sites for hydroxylation is 1. The number of hydrogen-bond acceptors (Lipinski definition) is 1. The van der Waals surface area contributed by atoms with Gasteiger partial charge in [0.25, 0.3) is 0 Å². The van der Waals surface area contributed by atoms with Gasteiger partial charge < -0.3 is 5.32 Å². The highest BCUT2D eigenvalue weighted by molar-refractivity contribution is 5.35. The van der Waals surface area contributed by atoms with Crippen molar-refractivity contribution in [3.63, 3.8) is 0 Å². The van der Waals surface area contributed by atoms with E-state index in [0.717, 1.165) is 24.9 Å². The lowest BCUT2D eigenvalue weighted by molar-refractivity contribution is 0.310. The quantitative estimate of drug-likeness (QED) is 0.831. The molecule has 1 aliphatic rings.